The van der Waals surface area contributed by atoms with Crippen LogP contribution in [0.5, 0.6) is 0 Å². The van der Waals surface area contributed by atoms with Gasteiger partial charge >= 0.3 is 0 Å². The second kappa shape index (κ2) is 6.03. The number of aromatic nitrogens is 2. The van der Waals surface area contributed by atoms with E-state index < -0.39 is 0 Å². The molecule has 0 saturated carbocycles. The first kappa shape index (κ1) is 14.5. The lowest BCUT2D eigenvalue weighted by atomic mass is 9.96. The van der Waals surface area contributed by atoms with Crippen LogP contribution in [0, 0.1) is 11.8 Å². The number of H-pyrrole nitrogens is 1. The van der Waals surface area contributed by atoms with Gasteiger partial charge in [0, 0.05) is 25.5 Å². The predicted molar refractivity (Wildman–Crippen MR) is 73.4 cm³/mol. The zero-order valence-electron chi connectivity index (χ0n) is 12.5. The minimum atomic E-state index is -0.287. The number of aromatic amines is 1. The van der Waals surface area contributed by atoms with E-state index in [2.05, 4.69) is 42.6 Å². The Morgan fingerprint density at radius 2 is 2.16 bits per heavy atom. The van der Waals surface area contributed by atoms with Gasteiger partial charge in [-0.05, 0) is 11.8 Å². The van der Waals surface area contributed by atoms with Crippen molar-refractivity contribution in [2.45, 2.75) is 46.2 Å². The maximum atomic E-state index is 5.78. The van der Waals surface area contributed by atoms with Gasteiger partial charge in [0.1, 0.15) is 5.82 Å². The Morgan fingerprint density at radius 1 is 1.42 bits per heavy atom. The molecule has 1 aromatic rings. The van der Waals surface area contributed by atoms with Crippen LogP contribution in [0.4, 0.5) is 0 Å². The minimum absolute atomic E-state index is 0.176. The molecule has 0 spiro atoms. The maximum absolute atomic E-state index is 5.78. The van der Waals surface area contributed by atoms with Crippen LogP contribution in [0.1, 0.15) is 39.6 Å². The van der Waals surface area contributed by atoms with Crippen LogP contribution in [0.15, 0.2) is 12.4 Å². The third-order valence-corrected chi connectivity index (χ3v) is 3.76. The normalized spacial score (nSPS) is 26.5. The summed E-state index contributed by atoms with van der Waals surface area (Å²) in [7, 11) is 1.69. The van der Waals surface area contributed by atoms with Crippen molar-refractivity contribution in [3.8, 4) is 0 Å². The molecule has 0 amide bonds. The van der Waals surface area contributed by atoms with Gasteiger partial charge in [-0.3, -0.25) is 0 Å². The second-order valence-corrected chi connectivity index (χ2v) is 5.80. The van der Waals surface area contributed by atoms with Gasteiger partial charge in [0.25, 0.3) is 0 Å². The quantitative estimate of drug-likeness (QED) is 0.890. The molecule has 3 atom stereocenters. The van der Waals surface area contributed by atoms with Crippen LogP contribution in [0.25, 0.3) is 0 Å². The highest BCUT2D eigenvalue weighted by Crippen LogP contribution is 2.36. The van der Waals surface area contributed by atoms with Crippen LogP contribution in [0.3, 0.4) is 0 Å². The Balaban J connectivity index is 2.31. The number of nitrogens with one attached hydrogen (secondary N) is 1. The molecule has 5 heteroatoms. The smallest absolute Gasteiger partial charge is 0.219 e. The Labute approximate surface area is 115 Å². The van der Waals surface area contributed by atoms with Crippen molar-refractivity contribution in [3.05, 3.63) is 18.2 Å². The fourth-order valence-corrected chi connectivity index (χ4v) is 2.81. The Kier molecular flexibility index (Phi) is 4.60. The molecule has 2 heterocycles. The summed E-state index contributed by atoms with van der Waals surface area (Å²) in [5, 5.41) is 0. The fraction of sp³-hybridized carbons (Fsp3) is 0.786. The lowest BCUT2D eigenvalue weighted by molar-refractivity contribution is -0.178. The lowest BCUT2D eigenvalue weighted by Gasteiger charge is -2.37. The van der Waals surface area contributed by atoms with Gasteiger partial charge in [-0.25, -0.2) is 9.88 Å². The van der Waals surface area contributed by atoms with Crippen LogP contribution < -0.4 is 0 Å². The first-order chi connectivity index (χ1) is 9.06. The van der Waals surface area contributed by atoms with Crippen molar-refractivity contribution >= 4 is 0 Å². The molecular weight excluding hydrogens is 242 g/mol. The van der Waals surface area contributed by atoms with E-state index in [-0.39, 0.29) is 12.5 Å². The molecule has 19 heavy (non-hydrogen) atoms. The van der Waals surface area contributed by atoms with E-state index in [4.69, 9.17) is 9.47 Å². The molecule has 1 aromatic heterocycles. The molecule has 1 aliphatic rings. The largest absolute Gasteiger partial charge is 0.347 e. The van der Waals surface area contributed by atoms with Gasteiger partial charge in [0.15, 0.2) is 0 Å². The Hall–Kier alpha value is -0.910. The van der Waals surface area contributed by atoms with Crippen LogP contribution in [-0.2, 0) is 9.47 Å². The molecule has 5 nitrogen and oxygen atoms in total. The second-order valence-electron chi connectivity index (χ2n) is 5.80. The van der Waals surface area contributed by atoms with Crippen molar-refractivity contribution in [2.75, 3.05) is 13.7 Å². The molecule has 0 aliphatic carbocycles. The molecule has 0 radical (unpaired) electrons. The van der Waals surface area contributed by atoms with Crippen molar-refractivity contribution in [1.82, 2.24) is 14.9 Å². The number of hydrogen-bond acceptors (Lipinski definition) is 4. The highest BCUT2D eigenvalue weighted by atomic mass is 16.7. The standard InChI is InChI=1S/C14H25N3O2/c1-9(2)11-8-19-14(18-5)17(11)12(10(3)4)13-15-6-7-16-13/h6-7,9-12,14H,8H2,1-5H3,(H,15,16)/t11-,12-,14-/m1/s1. The predicted octanol–water partition coefficient (Wildman–Crippen LogP) is 2.39. The summed E-state index contributed by atoms with van der Waals surface area (Å²) in [5.74, 6) is 1.91. The molecule has 1 fully saturated rings. The van der Waals surface area contributed by atoms with E-state index >= 15 is 0 Å². The SMILES string of the molecule is CO[C@@H]1OC[C@H](C(C)C)N1[C@@H](c1ncc[nH]1)C(C)C. The third kappa shape index (κ3) is 2.83. The van der Waals surface area contributed by atoms with E-state index in [1.165, 1.54) is 0 Å². The molecule has 0 aromatic carbocycles. The van der Waals surface area contributed by atoms with E-state index in [0.717, 1.165) is 5.82 Å². The summed E-state index contributed by atoms with van der Waals surface area (Å²) in [4.78, 5) is 9.99. The first-order valence-electron chi connectivity index (χ1n) is 6.97. The number of methoxy groups -OCH3 is 1. The van der Waals surface area contributed by atoms with Crippen LogP contribution >= 0.6 is 0 Å². The summed E-state index contributed by atoms with van der Waals surface area (Å²) in [5.41, 5.74) is 0. The summed E-state index contributed by atoms with van der Waals surface area (Å²) < 4.78 is 11.3. The van der Waals surface area contributed by atoms with Crippen molar-refractivity contribution in [3.63, 3.8) is 0 Å². The summed E-state index contributed by atoms with van der Waals surface area (Å²) in [6.45, 7) is 9.56. The minimum Gasteiger partial charge on any atom is -0.347 e. The monoisotopic (exact) mass is 267 g/mol. The number of nitrogens with zero attached hydrogens (tertiary/aromatic N) is 2. The van der Waals surface area contributed by atoms with E-state index in [1.807, 2.05) is 6.20 Å². The van der Waals surface area contributed by atoms with Gasteiger partial charge in [0.2, 0.25) is 6.41 Å². The Bertz CT molecular complexity index is 378. The summed E-state index contributed by atoms with van der Waals surface area (Å²) >= 11 is 0. The fourth-order valence-electron chi connectivity index (χ4n) is 2.81. The van der Waals surface area contributed by atoms with Crippen molar-refractivity contribution < 1.29 is 9.47 Å². The van der Waals surface area contributed by atoms with E-state index in [0.29, 0.717) is 24.5 Å². The molecule has 108 valence electrons. The van der Waals surface area contributed by atoms with Gasteiger partial charge in [-0.15, -0.1) is 0 Å². The zero-order chi connectivity index (χ0) is 14.0. The summed E-state index contributed by atoms with van der Waals surface area (Å²) in [6.07, 6.45) is 3.38. The molecular formula is C14H25N3O2. The highest BCUT2D eigenvalue weighted by molar-refractivity contribution is 5.01. The molecule has 1 aliphatic heterocycles. The van der Waals surface area contributed by atoms with Crippen LogP contribution in [0.2, 0.25) is 0 Å². The average molecular weight is 267 g/mol. The number of ether oxygens (including phenoxy) is 2. The zero-order valence-corrected chi connectivity index (χ0v) is 12.5. The number of imidazole rings is 1. The average Bonchev–Trinajstić information content (AvgIpc) is 2.98. The molecule has 0 unspecified atom stereocenters. The van der Waals surface area contributed by atoms with Gasteiger partial charge in [-0.2, -0.15) is 0 Å². The van der Waals surface area contributed by atoms with E-state index in [9.17, 15) is 0 Å². The topological polar surface area (TPSA) is 50.4 Å². The third-order valence-electron chi connectivity index (χ3n) is 3.76. The van der Waals surface area contributed by atoms with Crippen molar-refractivity contribution in [2.24, 2.45) is 11.8 Å². The summed E-state index contributed by atoms with van der Waals surface area (Å²) in [6, 6.07) is 0.525. The molecule has 2 rings (SSSR count). The number of hydrogen-bond donors (Lipinski definition) is 1. The lowest BCUT2D eigenvalue weighted by Crippen LogP contribution is -2.45. The Morgan fingerprint density at radius 3 is 2.63 bits per heavy atom. The highest BCUT2D eigenvalue weighted by Gasteiger charge is 2.43. The van der Waals surface area contributed by atoms with Gasteiger partial charge in [-0.1, -0.05) is 27.7 Å². The molecule has 0 bridgehead atoms. The molecule has 1 N–H and O–H groups in total. The number of rotatable bonds is 5. The van der Waals surface area contributed by atoms with Crippen molar-refractivity contribution in [1.29, 1.82) is 0 Å². The molecule has 1 saturated heterocycles. The van der Waals surface area contributed by atoms with Gasteiger partial charge in [0.05, 0.1) is 12.6 Å². The maximum Gasteiger partial charge on any atom is 0.219 e. The van der Waals surface area contributed by atoms with Crippen LogP contribution in [-0.4, -0.2) is 41.0 Å². The van der Waals surface area contributed by atoms with Gasteiger partial charge < -0.3 is 14.5 Å². The first-order valence-corrected chi connectivity index (χ1v) is 6.97. The van der Waals surface area contributed by atoms with E-state index in [1.54, 1.807) is 13.3 Å².